The Kier molecular flexibility index (Phi) is 6.20. The van der Waals surface area contributed by atoms with Crippen molar-refractivity contribution in [3.05, 3.63) is 23.8 Å². The molecule has 0 aliphatic carbocycles. The molecular weight excluding hydrogens is 376 g/mol. The van der Waals surface area contributed by atoms with Crippen molar-refractivity contribution in [1.82, 2.24) is 10.2 Å². The summed E-state index contributed by atoms with van der Waals surface area (Å²) in [6.45, 7) is 1.59. The van der Waals surface area contributed by atoms with E-state index in [1.165, 1.54) is 6.42 Å². The molecule has 0 bridgehead atoms. The molecule has 1 aromatic rings. The van der Waals surface area contributed by atoms with Gasteiger partial charge in [-0.15, -0.1) is 0 Å². The molecule has 0 aromatic heterocycles. The van der Waals surface area contributed by atoms with Crippen LogP contribution in [0.15, 0.2) is 18.2 Å². The average Bonchev–Trinajstić information content (AvgIpc) is 3.23. The standard InChI is InChI=1S/C21H28N2O6/c24-12-19-16(22-21(26)14-4-7-17-18(10-14)28-13-27-17)6-5-15(29-19)11-20(25)23-8-2-1-3-9-23/h4,7,10,15-16,19,24H,1-3,5-6,8-9,11-13H2,(H,22,26)/t15-,16+,19-/m1/s1. The molecule has 158 valence electrons. The highest BCUT2D eigenvalue weighted by atomic mass is 16.7. The number of rotatable bonds is 5. The van der Waals surface area contributed by atoms with Gasteiger partial charge in [0, 0.05) is 18.7 Å². The van der Waals surface area contributed by atoms with Crippen LogP contribution in [-0.4, -0.2) is 66.6 Å². The number of aliphatic hydroxyl groups excluding tert-OH is 1. The van der Waals surface area contributed by atoms with Gasteiger partial charge in [-0.1, -0.05) is 0 Å². The van der Waals surface area contributed by atoms with Gasteiger partial charge in [0.1, 0.15) is 6.10 Å². The lowest BCUT2D eigenvalue weighted by atomic mass is 9.96. The van der Waals surface area contributed by atoms with E-state index < -0.39 is 6.10 Å². The summed E-state index contributed by atoms with van der Waals surface area (Å²) in [7, 11) is 0. The molecule has 3 aliphatic heterocycles. The van der Waals surface area contributed by atoms with Crippen molar-refractivity contribution in [3.63, 3.8) is 0 Å². The molecule has 4 rings (SSSR count). The minimum absolute atomic E-state index is 0.120. The van der Waals surface area contributed by atoms with Gasteiger partial charge < -0.3 is 29.5 Å². The molecule has 0 radical (unpaired) electrons. The van der Waals surface area contributed by atoms with Gasteiger partial charge in [0.2, 0.25) is 12.7 Å². The van der Waals surface area contributed by atoms with Crippen LogP contribution in [0.25, 0.3) is 0 Å². The Balaban J connectivity index is 1.31. The molecule has 0 unspecified atom stereocenters. The van der Waals surface area contributed by atoms with Gasteiger partial charge in [0.15, 0.2) is 11.5 Å². The number of hydrogen-bond donors (Lipinski definition) is 2. The second-order valence-electron chi connectivity index (χ2n) is 7.85. The van der Waals surface area contributed by atoms with Crippen LogP contribution in [0.2, 0.25) is 0 Å². The zero-order chi connectivity index (χ0) is 20.2. The fourth-order valence-electron chi connectivity index (χ4n) is 4.20. The summed E-state index contributed by atoms with van der Waals surface area (Å²) < 4.78 is 16.6. The second-order valence-corrected chi connectivity index (χ2v) is 7.85. The molecule has 3 heterocycles. The first kappa shape index (κ1) is 20.0. The molecule has 29 heavy (non-hydrogen) atoms. The van der Waals surface area contributed by atoms with Crippen LogP contribution < -0.4 is 14.8 Å². The molecule has 8 nitrogen and oxygen atoms in total. The number of piperidine rings is 1. The predicted octanol–water partition coefficient (Wildman–Crippen LogP) is 1.46. The Labute approximate surface area is 170 Å². The molecule has 0 spiro atoms. The predicted molar refractivity (Wildman–Crippen MR) is 104 cm³/mol. The maximum atomic E-state index is 12.6. The fraction of sp³-hybridized carbons (Fsp3) is 0.619. The summed E-state index contributed by atoms with van der Waals surface area (Å²) in [5.74, 6) is 1.04. The van der Waals surface area contributed by atoms with Crippen LogP contribution >= 0.6 is 0 Å². The van der Waals surface area contributed by atoms with Crippen molar-refractivity contribution in [1.29, 1.82) is 0 Å². The zero-order valence-electron chi connectivity index (χ0n) is 16.5. The minimum atomic E-state index is -0.527. The maximum absolute atomic E-state index is 12.6. The number of amides is 2. The van der Waals surface area contributed by atoms with E-state index in [1.807, 2.05) is 4.90 Å². The zero-order valence-corrected chi connectivity index (χ0v) is 16.5. The lowest BCUT2D eigenvalue weighted by molar-refractivity contribution is -0.141. The van der Waals surface area contributed by atoms with Crippen LogP contribution in [0, 0.1) is 0 Å². The van der Waals surface area contributed by atoms with Crippen LogP contribution in [-0.2, 0) is 9.53 Å². The molecule has 8 heteroatoms. The fourth-order valence-corrected chi connectivity index (χ4v) is 4.20. The molecule has 2 N–H and O–H groups in total. The lowest BCUT2D eigenvalue weighted by Crippen LogP contribution is -2.51. The van der Waals surface area contributed by atoms with Gasteiger partial charge in [0.05, 0.1) is 25.2 Å². The number of carbonyl (C=O) groups is 2. The number of fused-ring (bicyclic) bond motifs is 1. The van der Waals surface area contributed by atoms with E-state index in [0.717, 1.165) is 25.9 Å². The topological polar surface area (TPSA) is 97.3 Å². The smallest absolute Gasteiger partial charge is 0.251 e. The summed E-state index contributed by atoms with van der Waals surface area (Å²) in [5, 5.41) is 12.7. The third-order valence-corrected chi connectivity index (χ3v) is 5.86. The third kappa shape index (κ3) is 4.64. The van der Waals surface area contributed by atoms with Gasteiger partial charge in [-0.3, -0.25) is 9.59 Å². The Morgan fingerprint density at radius 2 is 1.90 bits per heavy atom. The lowest BCUT2D eigenvalue weighted by Gasteiger charge is -2.37. The summed E-state index contributed by atoms with van der Waals surface area (Å²) >= 11 is 0. The van der Waals surface area contributed by atoms with Crippen molar-refractivity contribution in [3.8, 4) is 11.5 Å². The number of aliphatic hydroxyl groups is 1. The highest BCUT2D eigenvalue weighted by Gasteiger charge is 2.34. The summed E-state index contributed by atoms with van der Waals surface area (Å²) in [6, 6.07) is 4.73. The van der Waals surface area contributed by atoms with Crippen molar-refractivity contribution < 1.29 is 28.9 Å². The number of hydrogen-bond acceptors (Lipinski definition) is 6. The summed E-state index contributed by atoms with van der Waals surface area (Å²) in [6.07, 6.45) is 4.21. The maximum Gasteiger partial charge on any atom is 0.251 e. The van der Waals surface area contributed by atoms with Crippen LogP contribution in [0.1, 0.15) is 48.9 Å². The van der Waals surface area contributed by atoms with E-state index in [0.29, 0.717) is 36.3 Å². The monoisotopic (exact) mass is 404 g/mol. The number of benzene rings is 1. The highest BCUT2D eigenvalue weighted by molar-refractivity contribution is 5.95. The SMILES string of the molecule is O=C(N[C@H]1CC[C@H](CC(=O)N2CCCCC2)O[C@@H]1CO)c1ccc2c(c1)OCO2. The van der Waals surface area contributed by atoms with Crippen molar-refractivity contribution in [2.45, 2.75) is 56.8 Å². The van der Waals surface area contributed by atoms with Gasteiger partial charge in [-0.25, -0.2) is 0 Å². The second kappa shape index (κ2) is 9.00. The van der Waals surface area contributed by atoms with E-state index >= 15 is 0 Å². The summed E-state index contributed by atoms with van der Waals surface area (Å²) in [4.78, 5) is 27.0. The molecule has 2 amide bonds. The van der Waals surface area contributed by atoms with Gasteiger partial charge >= 0.3 is 0 Å². The van der Waals surface area contributed by atoms with Crippen molar-refractivity contribution in [2.75, 3.05) is 26.5 Å². The van der Waals surface area contributed by atoms with Gasteiger partial charge in [0.25, 0.3) is 5.91 Å². The van der Waals surface area contributed by atoms with Crippen LogP contribution in [0.4, 0.5) is 0 Å². The van der Waals surface area contributed by atoms with Crippen LogP contribution in [0.3, 0.4) is 0 Å². The van der Waals surface area contributed by atoms with E-state index in [1.54, 1.807) is 18.2 Å². The Morgan fingerprint density at radius 1 is 1.10 bits per heavy atom. The first-order valence-corrected chi connectivity index (χ1v) is 10.4. The number of nitrogens with zero attached hydrogens (tertiary/aromatic N) is 1. The van der Waals surface area contributed by atoms with Crippen molar-refractivity contribution >= 4 is 11.8 Å². The highest BCUT2D eigenvalue weighted by Crippen LogP contribution is 2.32. The molecule has 3 aliphatic rings. The van der Waals surface area contributed by atoms with Crippen molar-refractivity contribution in [2.24, 2.45) is 0 Å². The Morgan fingerprint density at radius 3 is 2.69 bits per heavy atom. The van der Waals surface area contributed by atoms with E-state index in [9.17, 15) is 14.7 Å². The molecular formula is C21H28N2O6. The van der Waals surface area contributed by atoms with E-state index in [-0.39, 0.29) is 37.4 Å². The number of ether oxygens (including phenoxy) is 3. The quantitative estimate of drug-likeness (QED) is 0.771. The number of nitrogens with one attached hydrogen (secondary N) is 1. The van der Waals surface area contributed by atoms with Crippen LogP contribution in [0.5, 0.6) is 11.5 Å². The molecule has 0 saturated carbocycles. The Bertz CT molecular complexity index is 749. The molecule has 2 saturated heterocycles. The molecule has 2 fully saturated rings. The average molecular weight is 404 g/mol. The van der Waals surface area contributed by atoms with Gasteiger partial charge in [-0.05, 0) is 50.3 Å². The van der Waals surface area contributed by atoms with Gasteiger partial charge in [-0.2, -0.15) is 0 Å². The first-order valence-electron chi connectivity index (χ1n) is 10.4. The molecule has 3 atom stereocenters. The number of carbonyl (C=O) groups excluding carboxylic acids is 2. The third-order valence-electron chi connectivity index (χ3n) is 5.86. The first-order chi connectivity index (χ1) is 14.1. The molecule has 1 aromatic carbocycles. The normalized spacial score (nSPS) is 26.2. The summed E-state index contributed by atoms with van der Waals surface area (Å²) in [5.41, 5.74) is 0.466. The minimum Gasteiger partial charge on any atom is -0.454 e. The van der Waals surface area contributed by atoms with E-state index in [4.69, 9.17) is 14.2 Å². The number of likely N-dealkylation sites (tertiary alicyclic amines) is 1. The van der Waals surface area contributed by atoms with E-state index in [2.05, 4.69) is 5.32 Å². The largest absolute Gasteiger partial charge is 0.454 e. The Hall–Kier alpha value is -2.32.